The number of likely N-dealkylation sites (tertiary alicyclic amines) is 1. The molecule has 5 rings (SSSR count). The number of nitrogens with one attached hydrogen (secondary N) is 1. The average molecular weight is 522 g/mol. The second kappa shape index (κ2) is 12.0. The lowest BCUT2D eigenvalue weighted by molar-refractivity contribution is -0.139. The number of carbonyl (C=O) groups excluding carboxylic acids is 2. The van der Waals surface area contributed by atoms with E-state index in [1.165, 1.54) is 37.7 Å². The van der Waals surface area contributed by atoms with Crippen LogP contribution in [0.15, 0.2) is 48.5 Å². The third kappa shape index (κ3) is 6.21. The van der Waals surface area contributed by atoms with Gasteiger partial charge in [0, 0.05) is 30.6 Å². The Balaban J connectivity index is 1.27. The van der Waals surface area contributed by atoms with Gasteiger partial charge in [0.2, 0.25) is 11.8 Å². The molecular formula is C31H40ClN3O2. The van der Waals surface area contributed by atoms with Gasteiger partial charge in [-0.15, -0.1) is 0 Å². The number of amides is 2. The SMILES string of the molecule is N[C@H]1c2ccccc2CC[C@H]1C(=O)NC(Cc1ccc(Cl)cc1)C(=O)N1CCC(C2CCCCC2)CC1. The maximum atomic E-state index is 13.8. The second-order valence-corrected chi connectivity index (χ2v) is 11.8. The van der Waals surface area contributed by atoms with Crippen LogP contribution in [0.2, 0.25) is 5.02 Å². The first-order valence-electron chi connectivity index (χ1n) is 14.2. The molecule has 2 amide bonds. The summed E-state index contributed by atoms with van der Waals surface area (Å²) in [6, 6.07) is 14.7. The third-order valence-electron chi connectivity index (χ3n) is 9.04. The summed E-state index contributed by atoms with van der Waals surface area (Å²) in [5, 5.41) is 3.80. The van der Waals surface area contributed by atoms with E-state index >= 15 is 0 Å². The van der Waals surface area contributed by atoms with Crippen LogP contribution in [0.25, 0.3) is 0 Å². The highest BCUT2D eigenvalue weighted by Crippen LogP contribution is 2.36. The van der Waals surface area contributed by atoms with Gasteiger partial charge in [-0.3, -0.25) is 9.59 Å². The molecule has 2 aliphatic carbocycles. The van der Waals surface area contributed by atoms with Crippen molar-refractivity contribution in [3.63, 3.8) is 0 Å². The zero-order valence-electron chi connectivity index (χ0n) is 21.7. The van der Waals surface area contributed by atoms with Gasteiger partial charge in [0.25, 0.3) is 0 Å². The summed E-state index contributed by atoms with van der Waals surface area (Å²) in [5.41, 5.74) is 9.81. The van der Waals surface area contributed by atoms with Crippen LogP contribution in [0, 0.1) is 17.8 Å². The quantitative estimate of drug-likeness (QED) is 0.531. The molecule has 0 radical (unpaired) electrons. The first-order chi connectivity index (χ1) is 18.0. The maximum absolute atomic E-state index is 13.8. The minimum atomic E-state index is -0.607. The van der Waals surface area contributed by atoms with Gasteiger partial charge < -0.3 is 16.0 Å². The van der Waals surface area contributed by atoms with E-state index in [2.05, 4.69) is 11.4 Å². The fourth-order valence-electron chi connectivity index (χ4n) is 6.84. The molecular weight excluding hydrogens is 482 g/mol. The van der Waals surface area contributed by atoms with Crippen LogP contribution in [0.5, 0.6) is 0 Å². The largest absolute Gasteiger partial charge is 0.344 e. The number of aryl methyl sites for hydroxylation is 1. The van der Waals surface area contributed by atoms with Gasteiger partial charge in [0.1, 0.15) is 6.04 Å². The molecule has 3 atom stereocenters. The monoisotopic (exact) mass is 521 g/mol. The van der Waals surface area contributed by atoms with E-state index in [0.717, 1.165) is 55.3 Å². The van der Waals surface area contributed by atoms with E-state index in [9.17, 15) is 9.59 Å². The summed E-state index contributed by atoms with van der Waals surface area (Å²) in [7, 11) is 0. The summed E-state index contributed by atoms with van der Waals surface area (Å²) in [5.74, 6) is 1.12. The fraction of sp³-hybridized carbons (Fsp3) is 0.548. The minimum Gasteiger partial charge on any atom is -0.344 e. The van der Waals surface area contributed by atoms with Crippen molar-refractivity contribution in [1.82, 2.24) is 10.2 Å². The summed E-state index contributed by atoms with van der Waals surface area (Å²) in [4.78, 5) is 29.3. The highest BCUT2D eigenvalue weighted by atomic mass is 35.5. The van der Waals surface area contributed by atoms with E-state index in [1.54, 1.807) is 0 Å². The Bertz CT molecular complexity index is 1070. The summed E-state index contributed by atoms with van der Waals surface area (Å²) in [6.07, 6.45) is 10.9. The standard InChI is InChI=1S/C31H40ClN3O2/c32-25-13-10-21(11-14-25)20-28(31(37)35-18-16-23(17-19-35)22-6-2-1-3-7-22)34-30(36)27-15-12-24-8-4-5-9-26(24)29(27)33/h4-5,8-11,13-14,22-23,27-29H,1-3,6-7,12,15-20,33H2,(H,34,36)/t27-,28?,29+/m1/s1. The molecule has 0 aromatic heterocycles. The molecule has 1 heterocycles. The van der Waals surface area contributed by atoms with Crippen molar-refractivity contribution in [1.29, 1.82) is 0 Å². The van der Waals surface area contributed by atoms with Crippen molar-refractivity contribution in [2.24, 2.45) is 23.5 Å². The molecule has 2 fully saturated rings. The topological polar surface area (TPSA) is 75.4 Å². The fourth-order valence-corrected chi connectivity index (χ4v) is 6.97. The van der Waals surface area contributed by atoms with Gasteiger partial charge in [0.15, 0.2) is 0 Å². The first kappa shape index (κ1) is 26.2. The third-order valence-corrected chi connectivity index (χ3v) is 9.30. The van der Waals surface area contributed by atoms with E-state index in [4.69, 9.17) is 17.3 Å². The molecule has 1 unspecified atom stereocenters. The van der Waals surface area contributed by atoms with Crippen LogP contribution in [-0.4, -0.2) is 35.8 Å². The van der Waals surface area contributed by atoms with Crippen LogP contribution < -0.4 is 11.1 Å². The lowest BCUT2D eigenvalue weighted by atomic mass is 9.76. The predicted octanol–water partition coefficient (Wildman–Crippen LogP) is 5.45. The molecule has 1 saturated heterocycles. The maximum Gasteiger partial charge on any atom is 0.245 e. The molecule has 37 heavy (non-hydrogen) atoms. The Morgan fingerprint density at radius 2 is 1.59 bits per heavy atom. The van der Waals surface area contributed by atoms with Crippen molar-refractivity contribution >= 4 is 23.4 Å². The number of nitrogens with two attached hydrogens (primary N) is 1. The number of benzene rings is 2. The Labute approximate surface area is 226 Å². The van der Waals surface area contributed by atoms with Crippen LogP contribution in [-0.2, 0) is 22.4 Å². The Morgan fingerprint density at radius 1 is 0.919 bits per heavy atom. The number of nitrogens with zero attached hydrogens (tertiary/aromatic N) is 1. The normalized spacial score (nSPS) is 23.8. The average Bonchev–Trinajstić information content (AvgIpc) is 2.94. The van der Waals surface area contributed by atoms with Crippen molar-refractivity contribution in [3.8, 4) is 0 Å². The van der Waals surface area contributed by atoms with Gasteiger partial charge >= 0.3 is 0 Å². The predicted molar refractivity (Wildman–Crippen MR) is 148 cm³/mol. The van der Waals surface area contributed by atoms with Gasteiger partial charge in [-0.1, -0.05) is 80.1 Å². The number of halogens is 1. The number of piperidine rings is 1. The Hall–Kier alpha value is -2.37. The van der Waals surface area contributed by atoms with Crippen molar-refractivity contribution in [3.05, 3.63) is 70.2 Å². The summed E-state index contributed by atoms with van der Waals surface area (Å²) >= 11 is 6.09. The van der Waals surface area contributed by atoms with Crippen molar-refractivity contribution in [2.45, 2.75) is 76.3 Å². The molecule has 1 aliphatic heterocycles. The highest BCUT2D eigenvalue weighted by molar-refractivity contribution is 6.30. The van der Waals surface area contributed by atoms with Crippen molar-refractivity contribution < 1.29 is 9.59 Å². The summed E-state index contributed by atoms with van der Waals surface area (Å²) in [6.45, 7) is 1.56. The second-order valence-electron chi connectivity index (χ2n) is 11.3. The number of fused-ring (bicyclic) bond motifs is 1. The zero-order chi connectivity index (χ0) is 25.8. The van der Waals surface area contributed by atoms with Gasteiger partial charge in [-0.05, 0) is 66.3 Å². The van der Waals surface area contributed by atoms with E-state index < -0.39 is 6.04 Å². The van der Waals surface area contributed by atoms with Gasteiger partial charge in [-0.25, -0.2) is 0 Å². The number of rotatable bonds is 6. The van der Waals surface area contributed by atoms with Crippen molar-refractivity contribution in [2.75, 3.05) is 13.1 Å². The van der Waals surface area contributed by atoms with Crippen LogP contribution in [0.3, 0.4) is 0 Å². The zero-order valence-corrected chi connectivity index (χ0v) is 22.5. The van der Waals surface area contributed by atoms with E-state index in [1.807, 2.05) is 47.4 Å². The molecule has 5 nitrogen and oxygen atoms in total. The van der Waals surface area contributed by atoms with Gasteiger partial charge in [-0.2, -0.15) is 0 Å². The molecule has 2 aromatic rings. The number of carbonyl (C=O) groups is 2. The molecule has 1 saturated carbocycles. The molecule has 6 heteroatoms. The molecule has 2 aromatic carbocycles. The molecule has 198 valence electrons. The lowest BCUT2D eigenvalue weighted by Gasteiger charge is -2.39. The van der Waals surface area contributed by atoms with E-state index in [-0.39, 0.29) is 23.8 Å². The highest BCUT2D eigenvalue weighted by Gasteiger charge is 2.36. The van der Waals surface area contributed by atoms with Crippen LogP contribution in [0.4, 0.5) is 0 Å². The Kier molecular flexibility index (Phi) is 8.51. The number of hydrogen-bond donors (Lipinski definition) is 2. The summed E-state index contributed by atoms with van der Waals surface area (Å²) < 4.78 is 0. The lowest BCUT2D eigenvalue weighted by Crippen LogP contribution is -2.54. The van der Waals surface area contributed by atoms with Crippen LogP contribution >= 0.6 is 11.6 Å². The number of hydrogen-bond acceptors (Lipinski definition) is 3. The van der Waals surface area contributed by atoms with Crippen LogP contribution in [0.1, 0.15) is 74.1 Å². The Morgan fingerprint density at radius 3 is 2.32 bits per heavy atom. The molecule has 3 N–H and O–H groups in total. The molecule has 0 spiro atoms. The molecule has 3 aliphatic rings. The minimum absolute atomic E-state index is 0.0233. The van der Waals surface area contributed by atoms with Gasteiger partial charge in [0.05, 0.1) is 5.92 Å². The van der Waals surface area contributed by atoms with E-state index in [0.29, 0.717) is 17.9 Å². The first-order valence-corrected chi connectivity index (χ1v) is 14.5. The molecule has 0 bridgehead atoms. The smallest absolute Gasteiger partial charge is 0.245 e.